The summed E-state index contributed by atoms with van der Waals surface area (Å²) in [5, 5.41) is 5.90. The van der Waals surface area contributed by atoms with Crippen molar-refractivity contribution in [3.63, 3.8) is 0 Å². The van der Waals surface area contributed by atoms with Gasteiger partial charge in [0.05, 0.1) is 10.2 Å². The number of anilines is 1. The van der Waals surface area contributed by atoms with E-state index in [2.05, 4.69) is 24.1 Å². The van der Waals surface area contributed by atoms with Gasteiger partial charge in [-0.15, -0.1) is 0 Å². The quantitative estimate of drug-likeness (QED) is 0.293. The van der Waals surface area contributed by atoms with Crippen LogP contribution in [0.2, 0.25) is 0 Å². The molecule has 5 aromatic rings. The van der Waals surface area contributed by atoms with E-state index in [9.17, 15) is 9.59 Å². The molecule has 0 unspecified atom stereocenters. The molecule has 30 heavy (non-hydrogen) atoms. The molecule has 0 aliphatic heterocycles. The highest BCUT2D eigenvalue weighted by Crippen LogP contribution is 2.32. The maximum absolute atomic E-state index is 12.9. The van der Waals surface area contributed by atoms with Crippen molar-refractivity contribution in [3.05, 3.63) is 82.2 Å². The number of carbonyl (C=O) groups excluding carboxylic acids is 1. The van der Waals surface area contributed by atoms with Crippen molar-refractivity contribution in [1.29, 1.82) is 0 Å². The van der Waals surface area contributed by atoms with Crippen LogP contribution >= 0.6 is 11.3 Å². The summed E-state index contributed by atoms with van der Waals surface area (Å²) in [5.74, 6) is -0.205. The molecule has 148 valence electrons. The minimum atomic E-state index is -0.667. The lowest BCUT2D eigenvalue weighted by atomic mass is 10.0. The molecule has 2 aromatic heterocycles. The molecule has 0 saturated carbocycles. The summed E-state index contributed by atoms with van der Waals surface area (Å²) in [6, 6.07) is 19.0. The highest BCUT2D eigenvalue weighted by molar-refractivity contribution is 7.22. The standard InChI is InChI=1S/C24H18N2O3S/c1-13(2)15-8-5-9-20-21(15)25-24(30-20)26-22(27)18-12-17-16-7-4-3-6-14(16)10-11-19(17)29-23(18)28/h3-13H,1-2H3,(H,25,26,27). The smallest absolute Gasteiger partial charge is 0.349 e. The lowest BCUT2D eigenvalue weighted by molar-refractivity contribution is 0.102. The molecule has 0 aliphatic carbocycles. The number of amides is 1. The van der Waals surface area contributed by atoms with Crippen LogP contribution in [0.25, 0.3) is 32.0 Å². The molecule has 2 heterocycles. The summed E-state index contributed by atoms with van der Waals surface area (Å²) in [7, 11) is 0. The van der Waals surface area contributed by atoms with Crippen LogP contribution in [-0.4, -0.2) is 10.9 Å². The van der Waals surface area contributed by atoms with Gasteiger partial charge in [0.25, 0.3) is 5.91 Å². The van der Waals surface area contributed by atoms with Crippen LogP contribution in [0.1, 0.15) is 35.7 Å². The number of aromatic nitrogens is 1. The van der Waals surface area contributed by atoms with E-state index in [0.717, 1.165) is 31.9 Å². The number of thiazole rings is 1. The summed E-state index contributed by atoms with van der Waals surface area (Å²) >= 11 is 1.39. The zero-order chi connectivity index (χ0) is 20.8. The Morgan fingerprint density at radius 1 is 1.03 bits per heavy atom. The van der Waals surface area contributed by atoms with E-state index in [0.29, 0.717) is 16.6 Å². The normalized spacial score (nSPS) is 11.6. The molecule has 0 bridgehead atoms. The van der Waals surface area contributed by atoms with Gasteiger partial charge in [0.1, 0.15) is 11.1 Å². The van der Waals surface area contributed by atoms with Crippen LogP contribution in [0, 0.1) is 0 Å². The van der Waals surface area contributed by atoms with Gasteiger partial charge in [-0.2, -0.15) is 0 Å². The van der Waals surface area contributed by atoms with Crippen LogP contribution in [0.4, 0.5) is 5.13 Å². The molecule has 0 fully saturated rings. The molecule has 0 aliphatic rings. The lowest BCUT2D eigenvalue weighted by Crippen LogP contribution is -2.20. The molecule has 5 rings (SSSR count). The molecule has 5 nitrogen and oxygen atoms in total. The second-order valence-corrected chi connectivity index (χ2v) is 8.50. The highest BCUT2D eigenvalue weighted by atomic mass is 32.1. The van der Waals surface area contributed by atoms with E-state index in [1.165, 1.54) is 11.3 Å². The van der Waals surface area contributed by atoms with Crippen molar-refractivity contribution in [1.82, 2.24) is 4.98 Å². The molecule has 1 amide bonds. The van der Waals surface area contributed by atoms with Crippen molar-refractivity contribution in [2.45, 2.75) is 19.8 Å². The van der Waals surface area contributed by atoms with E-state index in [-0.39, 0.29) is 5.56 Å². The second kappa shape index (κ2) is 7.07. The Bertz CT molecular complexity index is 1500. The van der Waals surface area contributed by atoms with Gasteiger partial charge in [-0.25, -0.2) is 9.78 Å². The molecule has 0 spiro atoms. The zero-order valence-corrected chi connectivity index (χ0v) is 17.2. The zero-order valence-electron chi connectivity index (χ0n) is 16.4. The van der Waals surface area contributed by atoms with Crippen molar-refractivity contribution in [2.75, 3.05) is 5.32 Å². The fourth-order valence-electron chi connectivity index (χ4n) is 3.68. The first-order chi connectivity index (χ1) is 14.5. The van der Waals surface area contributed by atoms with E-state index >= 15 is 0 Å². The molecular formula is C24H18N2O3S. The number of hydrogen-bond donors (Lipinski definition) is 1. The van der Waals surface area contributed by atoms with Crippen molar-refractivity contribution < 1.29 is 9.21 Å². The van der Waals surface area contributed by atoms with Gasteiger partial charge >= 0.3 is 5.63 Å². The van der Waals surface area contributed by atoms with Crippen LogP contribution in [0.15, 0.2) is 69.9 Å². The summed E-state index contributed by atoms with van der Waals surface area (Å²) in [5.41, 5.74) is 1.75. The van der Waals surface area contributed by atoms with Gasteiger partial charge in [-0.3, -0.25) is 10.1 Å². The largest absolute Gasteiger partial charge is 0.422 e. The van der Waals surface area contributed by atoms with E-state index in [4.69, 9.17) is 4.42 Å². The third kappa shape index (κ3) is 3.06. The maximum Gasteiger partial charge on any atom is 0.349 e. The van der Waals surface area contributed by atoms with Crippen LogP contribution in [0.5, 0.6) is 0 Å². The average Bonchev–Trinajstić information content (AvgIpc) is 3.15. The fourth-order valence-corrected chi connectivity index (χ4v) is 4.58. The number of fused-ring (bicyclic) bond motifs is 4. The summed E-state index contributed by atoms with van der Waals surface area (Å²) in [6.07, 6.45) is 0. The minimum absolute atomic E-state index is 0.0396. The van der Waals surface area contributed by atoms with Crippen LogP contribution in [0.3, 0.4) is 0 Å². The molecule has 3 aromatic carbocycles. The number of rotatable bonds is 3. The average molecular weight is 414 g/mol. The van der Waals surface area contributed by atoms with Gasteiger partial charge in [0.15, 0.2) is 5.13 Å². The lowest BCUT2D eigenvalue weighted by Gasteiger charge is -2.05. The number of benzene rings is 3. The number of carbonyl (C=O) groups is 1. The van der Waals surface area contributed by atoms with Gasteiger partial charge in [0.2, 0.25) is 0 Å². The molecule has 0 atom stereocenters. The first-order valence-electron chi connectivity index (χ1n) is 9.67. The first-order valence-corrected chi connectivity index (χ1v) is 10.5. The Morgan fingerprint density at radius 2 is 1.87 bits per heavy atom. The third-order valence-electron chi connectivity index (χ3n) is 5.18. The Balaban J connectivity index is 1.57. The maximum atomic E-state index is 12.9. The summed E-state index contributed by atoms with van der Waals surface area (Å²) < 4.78 is 6.43. The van der Waals surface area contributed by atoms with Crippen molar-refractivity contribution >= 4 is 54.3 Å². The topological polar surface area (TPSA) is 72.2 Å². The number of nitrogens with zero attached hydrogens (tertiary/aromatic N) is 1. The van der Waals surface area contributed by atoms with Gasteiger partial charge in [-0.1, -0.05) is 67.6 Å². The van der Waals surface area contributed by atoms with Crippen LogP contribution in [-0.2, 0) is 0 Å². The predicted molar refractivity (Wildman–Crippen MR) is 122 cm³/mol. The van der Waals surface area contributed by atoms with Crippen molar-refractivity contribution in [3.8, 4) is 0 Å². The van der Waals surface area contributed by atoms with E-state index in [1.54, 1.807) is 12.1 Å². The van der Waals surface area contributed by atoms with E-state index < -0.39 is 11.5 Å². The monoisotopic (exact) mass is 414 g/mol. The third-order valence-corrected chi connectivity index (χ3v) is 6.12. The summed E-state index contributed by atoms with van der Waals surface area (Å²) in [4.78, 5) is 30.0. The van der Waals surface area contributed by atoms with Gasteiger partial charge in [-0.05, 0) is 40.5 Å². The Labute approximate surface area is 176 Å². The van der Waals surface area contributed by atoms with Gasteiger partial charge < -0.3 is 4.42 Å². The van der Waals surface area contributed by atoms with Gasteiger partial charge in [0, 0.05) is 5.39 Å². The number of nitrogens with one attached hydrogen (secondary N) is 1. The Kier molecular flexibility index (Phi) is 4.37. The Hall–Kier alpha value is -3.51. The number of para-hydroxylation sites is 1. The highest BCUT2D eigenvalue weighted by Gasteiger charge is 2.18. The number of hydrogen-bond acceptors (Lipinski definition) is 5. The summed E-state index contributed by atoms with van der Waals surface area (Å²) in [6.45, 7) is 4.22. The molecule has 1 N–H and O–H groups in total. The second-order valence-electron chi connectivity index (χ2n) is 7.47. The minimum Gasteiger partial charge on any atom is -0.422 e. The van der Waals surface area contributed by atoms with E-state index in [1.807, 2.05) is 48.5 Å². The molecule has 6 heteroatoms. The first kappa shape index (κ1) is 18.5. The Morgan fingerprint density at radius 3 is 2.70 bits per heavy atom. The molecule has 0 saturated heterocycles. The van der Waals surface area contributed by atoms with Crippen molar-refractivity contribution in [2.24, 2.45) is 0 Å². The SMILES string of the molecule is CC(C)c1cccc2sc(NC(=O)c3cc4c(ccc5ccccc54)oc3=O)nc12. The fraction of sp³-hybridized carbons (Fsp3) is 0.125. The van der Waals surface area contributed by atoms with Crippen LogP contribution < -0.4 is 10.9 Å². The molecular weight excluding hydrogens is 396 g/mol. The molecule has 0 radical (unpaired) electrons. The predicted octanol–water partition coefficient (Wildman–Crippen LogP) is 5.93.